The zero-order valence-corrected chi connectivity index (χ0v) is 9.84. The van der Waals surface area contributed by atoms with Gasteiger partial charge in [0.2, 0.25) is 0 Å². The number of nitrogens with one attached hydrogen (secondary N) is 1. The molecule has 0 aliphatic carbocycles. The Bertz CT molecular complexity index is 410. The minimum atomic E-state index is -1.05. The average molecular weight is 241 g/mol. The summed E-state index contributed by atoms with van der Waals surface area (Å²) in [5, 5.41) is 13.9. The molecule has 17 heavy (non-hydrogen) atoms. The topological polar surface area (TPSA) is 32.3 Å². The van der Waals surface area contributed by atoms with Gasteiger partial charge in [-0.3, -0.25) is 0 Å². The molecule has 2 rings (SSSR count). The summed E-state index contributed by atoms with van der Waals surface area (Å²) in [7, 11) is 0. The normalized spacial score (nSPS) is 29.3. The van der Waals surface area contributed by atoms with Gasteiger partial charge in [0.1, 0.15) is 0 Å². The second kappa shape index (κ2) is 4.70. The standard InChI is InChI=1S/C13H17F2NO/c1-2-9-8-16-6-5-13(9,17)10-3-4-11(14)12(15)7-10/h3-4,7,9,16-17H,2,5-6,8H2,1H3. The Balaban J connectivity index is 2.37. The van der Waals surface area contributed by atoms with Gasteiger partial charge in [-0.1, -0.05) is 13.0 Å². The number of aliphatic hydroxyl groups is 1. The highest BCUT2D eigenvalue weighted by atomic mass is 19.2. The Kier molecular flexibility index (Phi) is 3.45. The summed E-state index contributed by atoms with van der Waals surface area (Å²) in [4.78, 5) is 0. The molecule has 0 spiro atoms. The summed E-state index contributed by atoms with van der Waals surface area (Å²) < 4.78 is 26.1. The molecule has 94 valence electrons. The predicted molar refractivity (Wildman–Crippen MR) is 61.5 cm³/mol. The molecule has 1 saturated heterocycles. The van der Waals surface area contributed by atoms with E-state index in [4.69, 9.17) is 0 Å². The molecule has 0 aromatic heterocycles. The molecule has 0 radical (unpaired) electrons. The van der Waals surface area contributed by atoms with Gasteiger partial charge in [-0.05, 0) is 37.1 Å². The van der Waals surface area contributed by atoms with Gasteiger partial charge in [0, 0.05) is 12.5 Å². The third-order valence-electron chi connectivity index (χ3n) is 3.66. The van der Waals surface area contributed by atoms with E-state index in [1.807, 2.05) is 6.92 Å². The van der Waals surface area contributed by atoms with Crippen molar-refractivity contribution in [3.63, 3.8) is 0 Å². The summed E-state index contributed by atoms with van der Waals surface area (Å²) >= 11 is 0. The van der Waals surface area contributed by atoms with Gasteiger partial charge in [0.05, 0.1) is 5.60 Å². The zero-order valence-electron chi connectivity index (χ0n) is 9.84. The van der Waals surface area contributed by atoms with E-state index in [1.165, 1.54) is 6.07 Å². The first-order valence-corrected chi connectivity index (χ1v) is 5.96. The van der Waals surface area contributed by atoms with E-state index in [0.717, 1.165) is 18.6 Å². The Morgan fingerprint density at radius 3 is 2.82 bits per heavy atom. The molecule has 1 fully saturated rings. The van der Waals surface area contributed by atoms with Gasteiger partial charge < -0.3 is 10.4 Å². The summed E-state index contributed by atoms with van der Waals surface area (Å²) in [5.41, 5.74) is -0.570. The number of piperidine rings is 1. The highest BCUT2D eigenvalue weighted by molar-refractivity contribution is 5.26. The number of rotatable bonds is 2. The highest BCUT2D eigenvalue weighted by Crippen LogP contribution is 2.37. The van der Waals surface area contributed by atoms with Gasteiger partial charge in [0.25, 0.3) is 0 Å². The van der Waals surface area contributed by atoms with Crippen molar-refractivity contribution >= 4 is 0 Å². The SMILES string of the molecule is CCC1CNCCC1(O)c1ccc(F)c(F)c1. The van der Waals surface area contributed by atoms with Crippen molar-refractivity contribution in [2.45, 2.75) is 25.4 Å². The highest BCUT2D eigenvalue weighted by Gasteiger charge is 2.39. The fraction of sp³-hybridized carbons (Fsp3) is 0.538. The third-order valence-corrected chi connectivity index (χ3v) is 3.66. The van der Waals surface area contributed by atoms with Crippen LogP contribution in [0.5, 0.6) is 0 Å². The largest absolute Gasteiger partial charge is 0.385 e. The van der Waals surface area contributed by atoms with Gasteiger partial charge in [-0.25, -0.2) is 8.78 Å². The number of benzene rings is 1. The van der Waals surface area contributed by atoms with E-state index in [-0.39, 0.29) is 5.92 Å². The fourth-order valence-electron chi connectivity index (χ4n) is 2.56. The Hall–Kier alpha value is -1.00. The summed E-state index contributed by atoms with van der Waals surface area (Å²) in [6.45, 7) is 3.38. The zero-order chi connectivity index (χ0) is 12.5. The van der Waals surface area contributed by atoms with E-state index in [0.29, 0.717) is 25.1 Å². The number of halogens is 2. The van der Waals surface area contributed by atoms with Crippen LogP contribution >= 0.6 is 0 Å². The van der Waals surface area contributed by atoms with Crippen molar-refractivity contribution in [3.8, 4) is 0 Å². The fourth-order valence-corrected chi connectivity index (χ4v) is 2.56. The number of hydrogen-bond donors (Lipinski definition) is 2. The lowest BCUT2D eigenvalue weighted by Crippen LogP contribution is -2.47. The molecule has 4 heteroatoms. The minimum absolute atomic E-state index is 0.0288. The molecule has 1 aliphatic heterocycles. The van der Waals surface area contributed by atoms with Gasteiger partial charge in [-0.2, -0.15) is 0 Å². The molecule has 0 saturated carbocycles. The monoisotopic (exact) mass is 241 g/mol. The van der Waals surface area contributed by atoms with Crippen molar-refractivity contribution in [1.29, 1.82) is 0 Å². The first kappa shape index (κ1) is 12.5. The Labute approximate surface area is 99.7 Å². The maximum absolute atomic E-state index is 13.2. The van der Waals surface area contributed by atoms with E-state index in [2.05, 4.69) is 5.32 Å². The van der Waals surface area contributed by atoms with Crippen LogP contribution in [0.15, 0.2) is 18.2 Å². The lowest BCUT2D eigenvalue weighted by molar-refractivity contribution is -0.0481. The van der Waals surface area contributed by atoms with Crippen molar-refractivity contribution in [3.05, 3.63) is 35.4 Å². The summed E-state index contributed by atoms with van der Waals surface area (Å²) in [6.07, 6.45) is 1.32. The van der Waals surface area contributed by atoms with E-state index in [9.17, 15) is 13.9 Å². The lowest BCUT2D eigenvalue weighted by Gasteiger charge is -2.40. The Morgan fingerprint density at radius 2 is 2.18 bits per heavy atom. The molecule has 0 bridgehead atoms. The second-order valence-electron chi connectivity index (χ2n) is 4.61. The van der Waals surface area contributed by atoms with E-state index < -0.39 is 17.2 Å². The molecule has 1 aromatic rings. The molecule has 2 atom stereocenters. The van der Waals surface area contributed by atoms with Gasteiger partial charge in [0.15, 0.2) is 11.6 Å². The van der Waals surface area contributed by atoms with Crippen LogP contribution in [-0.2, 0) is 5.60 Å². The van der Waals surface area contributed by atoms with Gasteiger partial charge >= 0.3 is 0 Å². The van der Waals surface area contributed by atoms with Crippen LogP contribution in [0.3, 0.4) is 0 Å². The van der Waals surface area contributed by atoms with Crippen LogP contribution in [0.2, 0.25) is 0 Å². The van der Waals surface area contributed by atoms with Crippen LogP contribution in [0.1, 0.15) is 25.3 Å². The maximum Gasteiger partial charge on any atom is 0.159 e. The first-order chi connectivity index (χ1) is 8.08. The molecular formula is C13H17F2NO. The van der Waals surface area contributed by atoms with Crippen molar-refractivity contribution < 1.29 is 13.9 Å². The molecule has 1 heterocycles. The summed E-state index contributed by atoms with van der Waals surface area (Å²) in [5.74, 6) is -1.75. The van der Waals surface area contributed by atoms with Crippen LogP contribution < -0.4 is 5.32 Å². The smallest absolute Gasteiger partial charge is 0.159 e. The van der Waals surface area contributed by atoms with E-state index in [1.54, 1.807) is 0 Å². The third kappa shape index (κ3) is 2.19. The van der Waals surface area contributed by atoms with Crippen LogP contribution in [0.4, 0.5) is 8.78 Å². The van der Waals surface area contributed by atoms with Crippen molar-refractivity contribution in [2.24, 2.45) is 5.92 Å². The minimum Gasteiger partial charge on any atom is -0.385 e. The Morgan fingerprint density at radius 1 is 1.41 bits per heavy atom. The molecule has 2 nitrogen and oxygen atoms in total. The molecular weight excluding hydrogens is 224 g/mol. The number of hydrogen-bond acceptors (Lipinski definition) is 2. The van der Waals surface area contributed by atoms with Crippen molar-refractivity contribution in [2.75, 3.05) is 13.1 Å². The quantitative estimate of drug-likeness (QED) is 0.831. The maximum atomic E-state index is 13.2. The van der Waals surface area contributed by atoms with Crippen LogP contribution in [-0.4, -0.2) is 18.2 Å². The van der Waals surface area contributed by atoms with Gasteiger partial charge in [-0.15, -0.1) is 0 Å². The molecule has 2 unspecified atom stereocenters. The predicted octanol–water partition coefficient (Wildman–Crippen LogP) is 2.17. The first-order valence-electron chi connectivity index (χ1n) is 5.96. The molecule has 0 amide bonds. The second-order valence-corrected chi connectivity index (χ2v) is 4.61. The van der Waals surface area contributed by atoms with E-state index >= 15 is 0 Å². The lowest BCUT2D eigenvalue weighted by atomic mass is 9.75. The van der Waals surface area contributed by atoms with Crippen LogP contribution in [0, 0.1) is 17.6 Å². The van der Waals surface area contributed by atoms with Crippen molar-refractivity contribution in [1.82, 2.24) is 5.32 Å². The average Bonchev–Trinajstić information content (AvgIpc) is 2.33. The molecule has 1 aromatic carbocycles. The summed E-state index contributed by atoms with van der Waals surface area (Å²) in [6, 6.07) is 3.67. The molecule has 2 N–H and O–H groups in total. The molecule has 1 aliphatic rings. The van der Waals surface area contributed by atoms with Crippen LogP contribution in [0.25, 0.3) is 0 Å².